The molecule has 0 saturated carbocycles. The van der Waals surface area contributed by atoms with Crippen LogP contribution in [0.4, 0.5) is 27.6 Å². The van der Waals surface area contributed by atoms with Crippen molar-refractivity contribution in [2.75, 3.05) is 18.6 Å². The lowest BCUT2D eigenvalue weighted by Gasteiger charge is -2.24. The highest BCUT2D eigenvalue weighted by Gasteiger charge is 2.43. The number of ether oxygens (including phenoxy) is 2. The molecular formula is C28H21F5N4O6S. The van der Waals surface area contributed by atoms with Crippen molar-refractivity contribution in [3.05, 3.63) is 94.9 Å². The van der Waals surface area contributed by atoms with Crippen LogP contribution in [0.3, 0.4) is 0 Å². The summed E-state index contributed by atoms with van der Waals surface area (Å²) in [5.41, 5.74) is -0.762. The molecule has 0 aliphatic carbocycles. The van der Waals surface area contributed by atoms with Crippen molar-refractivity contribution in [2.45, 2.75) is 24.6 Å². The van der Waals surface area contributed by atoms with Gasteiger partial charge in [0.05, 0.1) is 47.9 Å². The molecule has 44 heavy (non-hydrogen) atoms. The number of hydrogen-bond donors (Lipinski definition) is 1. The Labute approximate surface area is 250 Å². The quantitative estimate of drug-likeness (QED) is 0.170. The van der Waals surface area contributed by atoms with Gasteiger partial charge in [0.25, 0.3) is 5.91 Å². The lowest BCUT2D eigenvalue weighted by atomic mass is 10.1. The first kappa shape index (κ1) is 30.7. The molecule has 5 rings (SSSR count). The van der Waals surface area contributed by atoms with Gasteiger partial charge < -0.3 is 23.7 Å². The summed E-state index contributed by atoms with van der Waals surface area (Å²) in [6, 6.07) is 13.8. The minimum Gasteiger partial charge on any atom is -0.478 e. The molecule has 0 radical (unpaired) electrons. The number of alkyl halides is 5. The first-order valence-electron chi connectivity index (χ1n) is 12.6. The molecule has 1 unspecified atom stereocenters. The summed E-state index contributed by atoms with van der Waals surface area (Å²) in [4.78, 5) is 29.3. The average molecular weight is 637 g/mol. The Kier molecular flexibility index (Phi) is 8.73. The fourth-order valence-corrected chi connectivity index (χ4v) is 5.22. The monoisotopic (exact) mass is 636 g/mol. The van der Waals surface area contributed by atoms with Crippen LogP contribution in [0, 0.1) is 0 Å². The highest BCUT2D eigenvalue weighted by atomic mass is 32.2. The predicted octanol–water partition coefficient (Wildman–Crippen LogP) is 6.16. The van der Waals surface area contributed by atoms with E-state index in [1.54, 1.807) is 0 Å². The first-order valence-corrected chi connectivity index (χ1v) is 13.5. The van der Waals surface area contributed by atoms with Crippen LogP contribution in [0.15, 0.2) is 66.9 Å². The number of aromatic carboxylic acids is 1. The van der Waals surface area contributed by atoms with Gasteiger partial charge in [-0.05, 0) is 48.5 Å². The van der Waals surface area contributed by atoms with E-state index < -0.39 is 41.5 Å². The van der Waals surface area contributed by atoms with Gasteiger partial charge in [0.15, 0.2) is 5.69 Å². The van der Waals surface area contributed by atoms with Crippen molar-refractivity contribution in [2.24, 2.45) is 0 Å². The minimum atomic E-state index is -4.81. The topological polar surface area (TPSA) is 116 Å². The predicted molar refractivity (Wildman–Crippen MR) is 146 cm³/mol. The third-order valence-corrected chi connectivity index (χ3v) is 7.31. The summed E-state index contributed by atoms with van der Waals surface area (Å²) in [6.45, 7) is -3.51. The lowest BCUT2D eigenvalue weighted by molar-refractivity contribution is -0.142. The molecule has 0 saturated heterocycles. The highest BCUT2D eigenvalue weighted by Crippen LogP contribution is 2.43. The van der Waals surface area contributed by atoms with Crippen molar-refractivity contribution < 1.29 is 50.3 Å². The summed E-state index contributed by atoms with van der Waals surface area (Å²) < 4.78 is 84.0. The second kappa shape index (κ2) is 12.5. The van der Waals surface area contributed by atoms with Crippen LogP contribution in [0.25, 0.3) is 5.69 Å². The standard InChI is InChI=1S/C28H21F5N4O6S/c1-36(17-9-10-34-22(12-17)42-27(29)30)25(38)16-3-2-4-18(11-16)37-23-20(24(35-37)28(31,32)33)13-41-14-21(23)44-43-19-7-5-15(6-8-19)26(39)40/h2-12,21,27H,13-14H2,1H3,(H,39,40). The van der Waals surface area contributed by atoms with Gasteiger partial charge in [-0.2, -0.15) is 27.1 Å². The third kappa shape index (κ3) is 6.60. The van der Waals surface area contributed by atoms with E-state index >= 15 is 0 Å². The van der Waals surface area contributed by atoms with Gasteiger partial charge in [0.2, 0.25) is 5.88 Å². The average Bonchev–Trinajstić information content (AvgIpc) is 3.41. The van der Waals surface area contributed by atoms with Crippen molar-refractivity contribution in [3.63, 3.8) is 0 Å². The van der Waals surface area contributed by atoms with Crippen LogP contribution in [-0.4, -0.2) is 52.0 Å². The van der Waals surface area contributed by atoms with Crippen LogP contribution < -0.4 is 13.8 Å². The minimum absolute atomic E-state index is 0.0275. The van der Waals surface area contributed by atoms with E-state index in [0.717, 1.165) is 27.7 Å². The first-order chi connectivity index (χ1) is 20.9. The van der Waals surface area contributed by atoms with Gasteiger partial charge in [-0.25, -0.2) is 14.5 Å². The molecule has 2 aromatic heterocycles. The number of amides is 1. The molecule has 3 heterocycles. The highest BCUT2D eigenvalue weighted by molar-refractivity contribution is 7.95. The largest absolute Gasteiger partial charge is 0.478 e. The van der Waals surface area contributed by atoms with E-state index in [0.29, 0.717) is 0 Å². The molecule has 1 aliphatic rings. The van der Waals surface area contributed by atoms with E-state index in [4.69, 9.17) is 14.0 Å². The summed E-state index contributed by atoms with van der Waals surface area (Å²) in [5, 5.41) is 12.2. The van der Waals surface area contributed by atoms with Crippen molar-refractivity contribution in [1.29, 1.82) is 0 Å². The summed E-state index contributed by atoms with van der Waals surface area (Å²) >= 11 is 0.811. The lowest BCUT2D eigenvalue weighted by Crippen LogP contribution is -2.26. The number of benzene rings is 2. The number of aromatic nitrogens is 3. The summed E-state index contributed by atoms with van der Waals surface area (Å²) in [7, 11) is 1.39. The molecule has 1 atom stereocenters. The number of carbonyl (C=O) groups is 2. The van der Waals surface area contributed by atoms with E-state index in [1.807, 2.05) is 0 Å². The number of halogens is 5. The molecule has 10 nitrogen and oxygen atoms in total. The summed E-state index contributed by atoms with van der Waals surface area (Å²) in [5.74, 6) is -1.86. The Balaban J connectivity index is 1.46. The number of hydrogen-bond acceptors (Lipinski definition) is 8. The van der Waals surface area contributed by atoms with Crippen LogP contribution >= 0.6 is 12.0 Å². The number of fused-ring (bicyclic) bond motifs is 1. The van der Waals surface area contributed by atoms with Crippen molar-refractivity contribution >= 4 is 29.6 Å². The number of pyridine rings is 1. The molecular weight excluding hydrogens is 615 g/mol. The molecule has 0 spiro atoms. The van der Waals surface area contributed by atoms with Gasteiger partial charge in [0, 0.05) is 30.4 Å². The van der Waals surface area contributed by atoms with Crippen LogP contribution in [0.5, 0.6) is 11.6 Å². The normalized spacial score (nSPS) is 14.7. The van der Waals surface area contributed by atoms with Gasteiger partial charge in [0.1, 0.15) is 11.0 Å². The fraction of sp³-hybridized carbons (Fsp3) is 0.214. The maximum atomic E-state index is 14.1. The molecule has 16 heteroatoms. The van der Waals surface area contributed by atoms with E-state index in [1.165, 1.54) is 67.8 Å². The van der Waals surface area contributed by atoms with Crippen LogP contribution in [0.1, 0.15) is 42.9 Å². The van der Waals surface area contributed by atoms with Crippen LogP contribution in [0.2, 0.25) is 0 Å². The number of carboxylic acid groups (broad SMARTS) is 1. The molecule has 2 aromatic carbocycles. The van der Waals surface area contributed by atoms with E-state index in [9.17, 15) is 31.5 Å². The number of anilines is 1. The van der Waals surface area contributed by atoms with E-state index in [2.05, 4.69) is 14.8 Å². The molecule has 230 valence electrons. The van der Waals surface area contributed by atoms with Crippen molar-refractivity contribution in [1.82, 2.24) is 14.8 Å². The van der Waals surface area contributed by atoms with Gasteiger partial charge >= 0.3 is 18.8 Å². The Morgan fingerprint density at radius 2 is 1.86 bits per heavy atom. The smallest absolute Gasteiger partial charge is 0.435 e. The second-order valence-electron chi connectivity index (χ2n) is 9.28. The number of rotatable bonds is 9. The van der Waals surface area contributed by atoms with Gasteiger partial charge in [-0.1, -0.05) is 6.07 Å². The Bertz CT molecular complexity index is 1680. The van der Waals surface area contributed by atoms with Gasteiger partial charge in [-0.15, -0.1) is 0 Å². The Morgan fingerprint density at radius 1 is 1.11 bits per heavy atom. The van der Waals surface area contributed by atoms with E-state index in [-0.39, 0.29) is 52.7 Å². The van der Waals surface area contributed by atoms with Crippen molar-refractivity contribution in [3.8, 4) is 17.3 Å². The zero-order chi connectivity index (χ0) is 31.6. The molecule has 0 fully saturated rings. The van der Waals surface area contributed by atoms with Gasteiger partial charge in [-0.3, -0.25) is 4.79 Å². The zero-order valence-electron chi connectivity index (χ0n) is 22.5. The zero-order valence-corrected chi connectivity index (χ0v) is 23.3. The maximum Gasteiger partial charge on any atom is 0.435 e. The molecule has 4 aromatic rings. The Hall–Kier alpha value is -4.70. The third-order valence-electron chi connectivity index (χ3n) is 6.43. The number of nitrogens with zero attached hydrogens (tertiary/aromatic N) is 4. The number of carboxylic acids is 1. The maximum absolute atomic E-state index is 14.1. The number of carbonyl (C=O) groups excluding carboxylic acids is 1. The summed E-state index contributed by atoms with van der Waals surface area (Å²) in [6.07, 6.45) is -3.63. The molecule has 1 aliphatic heterocycles. The van der Waals surface area contributed by atoms with Crippen LogP contribution in [-0.2, 0) is 17.5 Å². The molecule has 0 bridgehead atoms. The Morgan fingerprint density at radius 3 is 2.55 bits per heavy atom. The fourth-order valence-electron chi connectivity index (χ4n) is 4.39. The molecule has 1 N–H and O–H groups in total. The SMILES string of the molecule is CN(C(=O)c1cccc(-n2nc(C(F)(F)F)c3c2C(SOc2ccc(C(=O)O)cc2)COC3)c1)c1ccnc(OC(F)F)c1. The second-order valence-corrected chi connectivity index (χ2v) is 10.2. The molecule has 1 amide bonds.